The van der Waals surface area contributed by atoms with Crippen molar-refractivity contribution in [2.75, 3.05) is 0 Å². The third kappa shape index (κ3) is 4.60. The maximum absolute atomic E-state index is 6.45. The third-order valence-electron chi connectivity index (χ3n) is 13.3. The first-order valence-electron chi connectivity index (χ1n) is 20.8. The SMILES string of the molecule is CC1(C)c2ccccc2-c2cc3c(cc21)c1cc(-c2ccc4c(c2)c2ccccc2n4-c2ccccc2)ccc1n3-c1ccc(-c2cccc3c2oc2ccccc23)cc1. The van der Waals surface area contributed by atoms with Crippen molar-refractivity contribution in [1.29, 1.82) is 0 Å². The van der Waals surface area contributed by atoms with Gasteiger partial charge in [0.2, 0.25) is 0 Å². The fourth-order valence-electron chi connectivity index (χ4n) is 10.4. The number of rotatable bonds is 4. The van der Waals surface area contributed by atoms with E-state index >= 15 is 0 Å². The molecule has 0 unspecified atom stereocenters. The number of para-hydroxylation sites is 4. The van der Waals surface area contributed by atoms with Crippen molar-refractivity contribution >= 4 is 65.6 Å². The van der Waals surface area contributed by atoms with Crippen molar-refractivity contribution in [2.24, 2.45) is 0 Å². The number of hydrogen-bond acceptors (Lipinski definition) is 1. The van der Waals surface area contributed by atoms with E-state index in [0.29, 0.717) is 0 Å². The molecule has 3 heteroatoms. The van der Waals surface area contributed by atoms with E-state index in [4.69, 9.17) is 4.42 Å². The van der Waals surface area contributed by atoms with Gasteiger partial charge in [0.25, 0.3) is 0 Å². The highest BCUT2D eigenvalue weighted by atomic mass is 16.3. The Morgan fingerprint density at radius 1 is 0.350 bits per heavy atom. The van der Waals surface area contributed by atoms with E-state index in [1.807, 2.05) is 6.07 Å². The van der Waals surface area contributed by atoms with Crippen LogP contribution >= 0.6 is 0 Å². The summed E-state index contributed by atoms with van der Waals surface area (Å²) >= 11 is 0. The van der Waals surface area contributed by atoms with E-state index in [-0.39, 0.29) is 5.41 Å². The predicted octanol–water partition coefficient (Wildman–Crippen LogP) is 15.4. The fourth-order valence-corrected chi connectivity index (χ4v) is 10.4. The predicted molar refractivity (Wildman–Crippen MR) is 251 cm³/mol. The Hall–Kier alpha value is -7.62. The van der Waals surface area contributed by atoms with Crippen LogP contribution in [-0.4, -0.2) is 9.13 Å². The molecule has 1 aliphatic carbocycles. The van der Waals surface area contributed by atoms with Gasteiger partial charge in [0.05, 0.1) is 22.1 Å². The zero-order chi connectivity index (χ0) is 39.7. The molecule has 3 aromatic heterocycles. The molecule has 0 saturated carbocycles. The van der Waals surface area contributed by atoms with E-state index in [9.17, 15) is 0 Å². The Labute approximate surface area is 347 Å². The zero-order valence-corrected chi connectivity index (χ0v) is 33.3. The molecule has 282 valence electrons. The molecule has 3 nitrogen and oxygen atoms in total. The van der Waals surface area contributed by atoms with E-state index in [1.165, 1.54) is 82.7 Å². The molecule has 0 fully saturated rings. The second-order valence-corrected chi connectivity index (χ2v) is 16.9. The number of fused-ring (bicyclic) bond motifs is 12. The van der Waals surface area contributed by atoms with Crippen molar-refractivity contribution < 1.29 is 4.42 Å². The second-order valence-electron chi connectivity index (χ2n) is 16.9. The molecule has 0 saturated heterocycles. The van der Waals surface area contributed by atoms with Crippen LogP contribution < -0.4 is 0 Å². The van der Waals surface area contributed by atoms with Gasteiger partial charge in [0.1, 0.15) is 11.2 Å². The lowest BCUT2D eigenvalue weighted by molar-refractivity contribution is 0.661. The molecule has 0 atom stereocenters. The summed E-state index contributed by atoms with van der Waals surface area (Å²) in [7, 11) is 0. The summed E-state index contributed by atoms with van der Waals surface area (Å²) in [6.07, 6.45) is 0. The molecule has 0 bridgehead atoms. The van der Waals surface area contributed by atoms with Gasteiger partial charge < -0.3 is 13.6 Å². The quantitative estimate of drug-likeness (QED) is 0.175. The minimum Gasteiger partial charge on any atom is -0.455 e. The highest BCUT2D eigenvalue weighted by molar-refractivity contribution is 6.14. The van der Waals surface area contributed by atoms with Crippen LogP contribution in [0.15, 0.2) is 199 Å². The topological polar surface area (TPSA) is 23.0 Å². The molecule has 0 N–H and O–H groups in total. The van der Waals surface area contributed by atoms with Crippen LogP contribution in [0.1, 0.15) is 25.0 Å². The normalized spacial score (nSPS) is 13.3. The molecular weight excluding hydrogens is 729 g/mol. The van der Waals surface area contributed by atoms with Gasteiger partial charge in [-0.2, -0.15) is 0 Å². The monoisotopic (exact) mass is 766 g/mol. The van der Waals surface area contributed by atoms with Crippen molar-refractivity contribution in [3.63, 3.8) is 0 Å². The summed E-state index contributed by atoms with van der Waals surface area (Å²) in [6.45, 7) is 4.74. The number of benzene rings is 9. The average molecular weight is 767 g/mol. The molecule has 3 heterocycles. The van der Waals surface area contributed by atoms with Gasteiger partial charge >= 0.3 is 0 Å². The molecule has 12 aromatic rings. The van der Waals surface area contributed by atoms with Crippen molar-refractivity contribution in [3.8, 4) is 44.8 Å². The lowest BCUT2D eigenvalue weighted by Gasteiger charge is -2.21. The van der Waals surface area contributed by atoms with Gasteiger partial charge in [0, 0.05) is 54.7 Å². The van der Waals surface area contributed by atoms with Crippen LogP contribution in [0.4, 0.5) is 0 Å². The third-order valence-corrected chi connectivity index (χ3v) is 13.3. The summed E-state index contributed by atoms with van der Waals surface area (Å²) in [6, 6.07) is 71.1. The fraction of sp³-hybridized carbons (Fsp3) is 0.0526. The van der Waals surface area contributed by atoms with E-state index in [1.54, 1.807) is 0 Å². The van der Waals surface area contributed by atoms with Crippen LogP contribution in [0.2, 0.25) is 0 Å². The van der Waals surface area contributed by atoms with E-state index in [2.05, 4.69) is 211 Å². The minimum absolute atomic E-state index is 0.108. The Balaban J connectivity index is 1.01. The molecular formula is C57H38N2O. The molecule has 0 aliphatic heterocycles. The van der Waals surface area contributed by atoms with Crippen molar-refractivity contribution in [3.05, 3.63) is 205 Å². The molecule has 0 spiro atoms. The lowest BCUT2D eigenvalue weighted by atomic mass is 9.82. The highest BCUT2D eigenvalue weighted by Crippen LogP contribution is 2.51. The van der Waals surface area contributed by atoms with Gasteiger partial charge in [0.15, 0.2) is 0 Å². The summed E-state index contributed by atoms with van der Waals surface area (Å²) in [4.78, 5) is 0. The maximum atomic E-state index is 6.45. The molecule has 1 aliphatic rings. The van der Waals surface area contributed by atoms with Gasteiger partial charge in [-0.05, 0) is 112 Å². The number of aromatic nitrogens is 2. The molecule has 13 rings (SSSR count). The van der Waals surface area contributed by atoms with Crippen LogP contribution in [0.5, 0.6) is 0 Å². The summed E-state index contributed by atoms with van der Waals surface area (Å²) in [5.41, 5.74) is 18.9. The van der Waals surface area contributed by atoms with Gasteiger partial charge in [-0.3, -0.25) is 0 Å². The van der Waals surface area contributed by atoms with Crippen molar-refractivity contribution in [2.45, 2.75) is 19.3 Å². The summed E-state index contributed by atoms with van der Waals surface area (Å²) < 4.78 is 11.3. The van der Waals surface area contributed by atoms with Gasteiger partial charge in [-0.25, -0.2) is 0 Å². The van der Waals surface area contributed by atoms with Crippen LogP contribution in [0.25, 0.3) is 110 Å². The molecule has 0 radical (unpaired) electrons. The number of hydrogen-bond donors (Lipinski definition) is 0. The standard InChI is InChI=1S/C57H38N2O/c1-57(2)49-20-9-6-15-41(49)45-34-54-48(33-50(45)57)47-32-37(36-25-29-52-46(31-36)42-16-7-10-21-51(42)58(52)38-13-4-3-5-14-38)26-30-53(47)59(54)39-27-23-35(24-28-39)40-18-12-19-44-43-17-8-11-22-55(43)60-56(40)44/h3-34H,1-2H3. The smallest absolute Gasteiger partial charge is 0.143 e. The molecule has 60 heavy (non-hydrogen) atoms. The largest absolute Gasteiger partial charge is 0.455 e. The summed E-state index contributed by atoms with van der Waals surface area (Å²) in [5.74, 6) is 0. The lowest BCUT2D eigenvalue weighted by Crippen LogP contribution is -2.14. The first kappa shape index (κ1) is 33.4. The summed E-state index contributed by atoms with van der Waals surface area (Å²) in [5, 5.41) is 7.32. The second kappa shape index (κ2) is 12.2. The highest BCUT2D eigenvalue weighted by Gasteiger charge is 2.36. The van der Waals surface area contributed by atoms with Crippen LogP contribution in [-0.2, 0) is 5.41 Å². The van der Waals surface area contributed by atoms with Gasteiger partial charge in [-0.15, -0.1) is 0 Å². The van der Waals surface area contributed by atoms with Crippen LogP contribution in [0.3, 0.4) is 0 Å². The average Bonchev–Trinajstić information content (AvgIpc) is 4.01. The Kier molecular flexibility index (Phi) is 6.78. The Morgan fingerprint density at radius 2 is 0.917 bits per heavy atom. The Bertz CT molecular complexity index is 3730. The maximum Gasteiger partial charge on any atom is 0.143 e. The first-order chi connectivity index (χ1) is 29.5. The molecule has 9 aromatic carbocycles. The first-order valence-corrected chi connectivity index (χ1v) is 20.8. The van der Waals surface area contributed by atoms with Gasteiger partial charge in [-0.1, -0.05) is 135 Å². The van der Waals surface area contributed by atoms with Crippen molar-refractivity contribution in [1.82, 2.24) is 9.13 Å². The van der Waals surface area contributed by atoms with Crippen LogP contribution in [0, 0.1) is 0 Å². The van der Waals surface area contributed by atoms with E-state index in [0.717, 1.165) is 38.8 Å². The minimum atomic E-state index is -0.108. The zero-order valence-electron chi connectivity index (χ0n) is 33.3. The van der Waals surface area contributed by atoms with E-state index < -0.39 is 0 Å². The number of nitrogens with zero attached hydrogens (tertiary/aromatic N) is 2. The Morgan fingerprint density at radius 3 is 1.72 bits per heavy atom. The molecule has 0 amide bonds. The number of furan rings is 1.